The lowest BCUT2D eigenvalue weighted by Crippen LogP contribution is -2.33. The fourth-order valence-electron chi connectivity index (χ4n) is 2.55. The highest BCUT2D eigenvalue weighted by atomic mass is 16.4. The summed E-state index contributed by atoms with van der Waals surface area (Å²) in [5, 5.41) is 8.77. The van der Waals surface area contributed by atoms with Crippen molar-refractivity contribution in [1.82, 2.24) is 4.90 Å². The molecule has 1 fully saturated rings. The van der Waals surface area contributed by atoms with Gasteiger partial charge in [0, 0.05) is 44.9 Å². The molecule has 112 valence electrons. The summed E-state index contributed by atoms with van der Waals surface area (Å²) in [6, 6.07) is 7.74. The molecule has 5 nitrogen and oxygen atoms in total. The monoisotopic (exact) mass is 288 g/mol. The second kappa shape index (κ2) is 6.92. The Morgan fingerprint density at radius 2 is 1.90 bits per heavy atom. The van der Waals surface area contributed by atoms with Crippen molar-refractivity contribution in [1.29, 1.82) is 0 Å². The van der Waals surface area contributed by atoms with Crippen molar-refractivity contribution in [2.45, 2.75) is 13.3 Å². The van der Waals surface area contributed by atoms with Crippen molar-refractivity contribution in [3.8, 4) is 0 Å². The van der Waals surface area contributed by atoms with Gasteiger partial charge in [-0.05, 0) is 24.1 Å². The smallest absolute Gasteiger partial charge is 0.328 e. The molecule has 2 rings (SSSR count). The molecule has 1 N–H and O–H groups in total. The first-order valence-electron chi connectivity index (χ1n) is 7.08. The predicted octanol–water partition coefficient (Wildman–Crippen LogP) is 1.84. The van der Waals surface area contributed by atoms with Crippen LogP contribution < -0.4 is 4.90 Å². The number of aliphatic carboxylic acids is 1. The Kier molecular flexibility index (Phi) is 4.98. The van der Waals surface area contributed by atoms with Gasteiger partial charge in [0.05, 0.1) is 0 Å². The zero-order chi connectivity index (χ0) is 15.2. The van der Waals surface area contributed by atoms with Crippen molar-refractivity contribution < 1.29 is 14.7 Å². The van der Waals surface area contributed by atoms with Crippen LogP contribution in [0.5, 0.6) is 0 Å². The molecule has 5 heteroatoms. The summed E-state index contributed by atoms with van der Waals surface area (Å²) in [6.45, 7) is 4.70. The minimum atomic E-state index is -0.955. The van der Waals surface area contributed by atoms with Gasteiger partial charge in [-0.15, -0.1) is 0 Å². The molecule has 1 amide bonds. The highest BCUT2D eigenvalue weighted by Crippen LogP contribution is 2.23. The van der Waals surface area contributed by atoms with Crippen LogP contribution in [0.15, 0.2) is 30.3 Å². The maximum absolute atomic E-state index is 11.5. The van der Waals surface area contributed by atoms with Gasteiger partial charge >= 0.3 is 5.97 Å². The maximum atomic E-state index is 11.5. The summed E-state index contributed by atoms with van der Waals surface area (Å²) in [5.74, 6) is -0.848. The predicted molar refractivity (Wildman–Crippen MR) is 82.2 cm³/mol. The van der Waals surface area contributed by atoms with E-state index in [-0.39, 0.29) is 5.91 Å². The van der Waals surface area contributed by atoms with E-state index < -0.39 is 5.97 Å². The van der Waals surface area contributed by atoms with Crippen LogP contribution in [-0.4, -0.2) is 48.1 Å². The topological polar surface area (TPSA) is 60.9 Å². The molecule has 21 heavy (non-hydrogen) atoms. The zero-order valence-electron chi connectivity index (χ0n) is 12.2. The highest BCUT2D eigenvalue weighted by molar-refractivity contribution is 5.87. The molecule has 1 aromatic rings. The van der Waals surface area contributed by atoms with E-state index in [2.05, 4.69) is 4.90 Å². The Bertz CT molecular complexity index is 554. The van der Waals surface area contributed by atoms with Gasteiger partial charge in [-0.25, -0.2) is 4.79 Å². The second-order valence-corrected chi connectivity index (χ2v) is 5.08. The van der Waals surface area contributed by atoms with Crippen LogP contribution in [-0.2, 0) is 9.59 Å². The van der Waals surface area contributed by atoms with Gasteiger partial charge in [0.1, 0.15) is 0 Å². The SMILES string of the molecule is CC(=O)N1CCCN(c2ccccc2C=CC(=O)O)CC1. The van der Waals surface area contributed by atoms with E-state index in [4.69, 9.17) is 5.11 Å². The summed E-state index contributed by atoms with van der Waals surface area (Å²) >= 11 is 0. The normalized spacial score (nSPS) is 16.0. The van der Waals surface area contributed by atoms with Gasteiger partial charge in [-0.1, -0.05) is 18.2 Å². The fraction of sp³-hybridized carbons (Fsp3) is 0.375. The molecule has 1 aliphatic heterocycles. The number of amides is 1. The second-order valence-electron chi connectivity index (χ2n) is 5.08. The molecule has 0 radical (unpaired) electrons. The largest absolute Gasteiger partial charge is 0.478 e. The molecule has 1 aromatic carbocycles. The van der Waals surface area contributed by atoms with Gasteiger partial charge in [-0.3, -0.25) is 4.79 Å². The Morgan fingerprint density at radius 1 is 1.14 bits per heavy atom. The Balaban J connectivity index is 2.18. The highest BCUT2D eigenvalue weighted by Gasteiger charge is 2.17. The van der Waals surface area contributed by atoms with Gasteiger partial charge in [0.25, 0.3) is 0 Å². The zero-order valence-corrected chi connectivity index (χ0v) is 12.2. The van der Waals surface area contributed by atoms with E-state index in [1.807, 2.05) is 29.2 Å². The molecule has 0 aromatic heterocycles. The average molecular weight is 288 g/mol. The van der Waals surface area contributed by atoms with Crippen LogP contribution in [0.3, 0.4) is 0 Å². The molecule has 0 aliphatic carbocycles. The van der Waals surface area contributed by atoms with Crippen molar-refractivity contribution in [3.05, 3.63) is 35.9 Å². The molecule has 1 saturated heterocycles. The lowest BCUT2D eigenvalue weighted by molar-refractivity contribution is -0.131. The van der Waals surface area contributed by atoms with E-state index in [9.17, 15) is 9.59 Å². The van der Waals surface area contributed by atoms with Gasteiger partial charge in [0.15, 0.2) is 0 Å². The van der Waals surface area contributed by atoms with Gasteiger partial charge < -0.3 is 14.9 Å². The van der Waals surface area contributed by atoms with E-state index in [1.165, 1.54) is 0 Å². The third kappa shape index (κ3) is 4.08. The molecule has 0 saturated carbocycles. The number of para-hydroxylation sites is 1. The maximum Gasteiger partial charge on any atom is 0.328 e. The summed E-state index contributed by atoms with van der Waals surface area (Å²) in [4.78, 5) is 26.2. The number of benzene rings is 1. The third-order valence-corrected chi connectivity index (χ3v) is 3.62. The molecule has 0 spiro atoms. The van der Waals surface area contributed by atoms with Crippen molar-refractivity contribution in [2.24, 2.45) is 0 Å². The molecule has 0 atom stereocenters. The van der Waals surface area contributed by atoms with Crippen molar-refractivity contribution >= 4 is 23.6 Å². The molecular formula is C16H20N2O3. The number of rotatable bonds is 3. The van der Waals surface area contributed by atoms with E-state index in [0.29, 0.717) is 6.54 Å². The van der Waals surface area contributed by atoms with E-state index in [0.717, 1.165) is 43.4 Å². The molecule has 1 aliphatic rings. The number of carboxylic acids is 1. The van der Waals surface area contributed by atoms with Crippen LogP contribution in [0.25, 0.3) is 6.08 Å². The molecule has 0 bridgehead atoms. The molecular weight excluding hydrogens is 268 g/mol. The average Bonchev–Trinajstić information content (AvgIpc) is 2.71. The summed E-state index contributed by atoms with van der Waals surface area (Å²) < 4.78 is 0. The minimum Gasteiger partial charge on any atom is -0.478 e. The number of anilines is 1. The van der Waals surface area contributed by atoms with E-state index >= 15 is 0 Å². The van der Waals surface area contributed by atoms with Gasteiger partial charge in [0.2, 0.25) is 5.91 Å². The lowest BCUT2D eigenvalue weighted by Gasteiger charge is -2.25. The van der Waals surface area contributed by atoms with Crippen molar-refractivity contribution in [3.63, 3.8) is 0 Å². The van der Waals surface area contributed by atoms with Crippen LogP contribution in [0.1, 0.15) is 18.9 Å². The lowest BCUT2D eigenvalue weighted by atomic mass is 10.1. The third-order valence-electron chi connectivity index (χ3n) is 3.62. The van der Waals surface area contributed by atoms with Crippen LogP contribution in [0.2, 0.25) is 0 Å². The summed E-state index contributed by atoms with van der Waals surface area (Å²) in [5.41, 5.74) is 1.90. The number of carboxylic acid groups (broad SMARTS) is 1. The first-order valence-corrected chi connectivity index (χ1v) is 7.08. The van der Waals surface area contributed by atoms with Crippen molar-refractivity contribution in [2.75, 3.05) is 31.1 Å². The summed E-state index contributed by atoms with van der Waals surface area (Å²) in [7, 11) is 0. The summed E-state index contributed by atoms with van der Waals surface area (Å²) in [6.07, 6.45) is 3.68. The van der Waals surface area contributed by atoms with Gasteiger partial charge in [-0.2, -0.15) is 0 Å². The standard InChI is InChI=1S/C16H20N2O3/c1-13(19)17-9-4-10-18(12-11-17)15-6-3-2-5-14(15)7-8-16(20)21/h2-3,5-8H,4,9-12H2,1H3,(H,20,21). The van der Waals surface area contributed by atoms with Crippen LogP contribution in [0, 0.1) is 0 Å². The van der Waals surface area contributed by atoms with E-state index in [1.54, 1.807) is 13.0 Å². The molecule has 1 heterocycles. The number of carbonyl (C=O) groups is 2. The number of nitrogens with zero attached hydrogens (tertiary/aromatic N) is 2. The Hall–Kier alpha value is -2.30. The number of hydrogen-bond donors (Lipinski definition) is 1. The fourth-order valence-corrected chi connectivity index (χ4v) is 2.55. The number of carbonyl (C=O) groups excluding carboxylic acids is 1. The number of hydrogen-bond acceptors (Lipinski definition) is 3. The first-order chi connectivity index (χ1) is 10.1. The van der Waals surface area contributed by atoms with Crippen LogP contribution >= 0.6 is 0 Å². The minimum absolute atomic E-state index is 0.107. The Labute approximate surface area is 124 Å². The quantitative estimate of drug-likeness (QED) is 0.862. The Morgan fingerprint density at radius 3 is 2.62 bits per heavy atom. The van der Waals surface area contributed by atoms with Crippen LogP contribution in [0.4, 0.5) is 5.69 Å². The first kappa shape index (κ1) is 15.1. The molecule has 0 unspecified atom stereocenters.